The lowest BCUT2D eigenvalue weighted by molar-refractivity contribution is -0.122. The summed E-state index contributed by atoms with van der Waals surface area (Å²) in [4.78, 5) is 12.9. The number of nitrogens with one attached hydrogen (secondary N) is 1. The fourth-order valence-corrected chi connectivity index (χ4v) is 4.58. The third-order valence-corrected chi connectivity index (χ3v) is 5.78. The van der Waals surface area contributed by atoms with Crippen LogP contribution in [0.4, 0.5) is 10.1 Å². The van der Waals surface area contributed by atoms with Crippen LogP contribution in [0, 0.1) is 5.82 Å². The molecular formula is C19H21Cl2FN2O3S. The summed E-state index contributed by atoms with van der Waals surface area (Å²) in [6.45, 7) is 3.44. The Hall–Kier alpha value is -1.83. The van der Waals surface area contributed by atoms with Gasteiger partial charge < -0.3 is 5.32 Å². The Bertz CT molecular complexity index is 932. The van der Waals surface area contributed by atoms with E-state index in [0.29, 0.717) is 5.56 Å². The van der Waals surface area contributed by atoms with Gasteiger partial charge in [0.05, 0.1) is 18.0 Å². The van der Waals surface area contributed by atoms with Crippen LogP contribution in [-0.2, 0) is 14.8 Å². The lowest BCUT2D eigenvalue weighted by Crippen LogP contribution is -2.49. The highest BCUT2D eigenvalue weighted by Crippen LogP contribution is 2.29. The molecule has 2 aromatic rings. The molecule has 2 aromatic carbocycles. The molecule has 1 N–H and O–H groups in total. The third kappa shape index (κ3) is 5.59. The minimum atomic E-state index is -3.81. The molecule has 0 aliphatic carbocycles. The predicted octanol–water partition coefficient (Wildman–Crippen LogP) is 4.55. The van der Waals surface area contributed by atoms with Crippen LogP contribution < -0.4 is 9.62 Å². The van der Waals surface area contributed by atoms with Crippen molar-refractivity contribution in [3.05, 3.63) is 63.9 Å². The first-order valence-electron chi connectivity index (χ1n) is 8.54. The van der Waals surface area contributed by atoms with E-state index in [4.69, 9.17) is 23.2 Å². The number of nitrogens with zero attached hydrogens (tertiary/aromatic N) is 1. The number of rotatable bonds is 7. The van der Waals surface area contributed by atoms with Crippen molar-refractivity contribution in [2.24, 2.45) is 0 Å². The Morgan fingerprint density at radius 1 is 1.14 bits per heavy atom. The van der Waals surface area contributed by atoms with Crippen molar-refractivity contribution in [2.75, 3.05) is 10.6 Å². The molecule has 0 bridgehead atoms. The molecule has 0 spiro atoms. The largest absolute Gasteiger partial charge is 0.348 e. The van der Waals surface area contributed by atoms with Crippen molar-refractivity contribution in [3.8, 4) is 0 Å². The van der Waals surface area contributed by atoms with Gasteiger partial charge in [-0.2, -0.15) is 0 Å². The van der Waals surface area contributed by atoms with Gasteiger partial charge in [0.15, 0.2) is 0 Å². The summed E-state index contributed by atoms with van der Waals surface area (Å²) in [5.74, 6) is -0.865. The Kier molecular flexibility index (Phi) is 7.31. The number of hydrogen-bond acceptors (Lipinski definition) is 3. The van der Waals surface area contributed by atoms with Gasteiger partial charge in [-0.05, 0) is 49.2 Å². The van der Waals surface area contributed by atoms with Gasteiger partial charge in [0.2, 0.25) is 15.9 Å². The van der Waals surface area contributed by atoms with Crippen molar-refractivity contribution in [1.29, 1.82) is 0 Å². The number of sulfonamides is 1. The second-order valence-electron chi connectivity index (χ2n) is 6.39. The molecule has 2 rings (SSSR count). The lowest BCUT2D eigenvalue weighted by Gasteiger charge is -2.31. The third-order valence-electron chi connectivity index (χ3n) is 4.16. The standard InChI is InChI=1S/C19H21Cl2FN2O3S/c1-4-18(19(25)23-12(2)13-5-7-16(22)8-6-13)24(28(3,26)27)17-10-14(20)9-15(21)11-17/h5-12,18H,4H2,1-3H3,(H,23,25)/t12-,18-/m0/s1. The molecule has 2 atom stereocenters. The van der Waals surface area contributed by atoms with Crippen molar-refractivity contribution in [1.82, 2.24) is 5.32 Å². The van der Waals surface area contributed by atoms with Crippen LogP contribution in [0.25, 0.3) is 0 Å². The summed E-state index contributed by atoms with van der Waals surface area (Å²) in [6, 6.07) is 8.63. The first-order valence-corrected chi connectivity index (χ1v) is 11.1. The van der Waals surface area contributed by atoms with Crippen LogP contribution >= 0.6 is 23.2 Å². The highest BCUT2D eigenvalue weighted by atomic mass is 35.5. The highest BCUT2D eigenvalue weighted by Gasteiger charge is 2.32. The van der Waals surface area contributed by atoms with Gasteiger partial charge in [-0.25, -0.2) is 12.8 Å². The molecule has 152 valence electrons. The van der Waals surface area contributed by atoms with Crippen molar-refractivity contribution < 1.29 is 17.6 Å². The van der Waals surface area contributed by atoms with E-state index in [2.05, 4.69) is 5.32 Å². The Balaban J connectivity index is 2.34. The van der Waals surface area contributed by atoms with Gasteiger partial charge in [-0.3, -0.25) is 9.10 Å². The van der Waals surface area contributed by atoms with Crippen LogP contribution in [-0.4, -0.2) is 26.6 Å². The molecular weight excluding hydrogens is 426 g/mol. The fraction of sp³-hybridized carbons (Fsp3) is 0.316. The number of benzene rings is 2. The molecule has 9 heteroatoms. The summed E-state index contributed by atoms with van der Waals surface area (Å²) >= 11 is 12.0. The number of carbonyl (C=O) groups excluding carboxylic acids is 1. The van der Waals surface area contributed by atoms with E-state index < -0.39 is 28.0 Å². The van der Waals surface area contributed by atoms with Crippen LogP contribution in [0.2, 0.25) is 10.0 Å². The molecule has 0 aliphatic heterocycles. The number of halogens is 3. The molecule has 0 aromatic heterocycles. The molecule has 0 unspecified atom stereocenters. The van der Waals surface area contributed by atoms with Gasteiger partial charge in [0.25, 0.3) is 0 Å². The van der Waals surface area contributed by atoms with Crippen LogP contribution in [0.15, 0.2) is 42.5 Å². The molecule has 0 saturated heterocycles. The van der Waals surface area contributed by atoms with E-state index in [9.17, 15) is 17.6 Å². The van der Waals surface area contributed by atoms with Gasteiger partial charge in [-0.1, -0.05) is 42.3 Å². The Labute approximate surface area is 174 Å². The predicted molar refractivity (Wildman–Crippen MR) is 111 cm³/mol. The van der Waals surface area contributed by atoms with Gasteiger partial charge in [0, 0.05) is 10.0 Å². The maximum absolute atomic E-state index is 13.1. The van der Waals surface area contributed by atoms with Crippen LogP contribution in [0.1, 0.15) is 31.9 Å². The van der Waals surface area contributed by atoms with Crippen molar-refractivity contribution >= 4 is 44.8 Å². The second-order valence-corrected chi connectivity index (χ2v) is 9.12. The molecule has 0 fully saturated rings. The molecule has 1 amide bonds. The molecule has 0 heterocycles. The van der Waals surface area contributed by atoms with Crippen molar-refractivity contribution in [2.45, 2.75) is 32.4 Å². The number of hydrogen-bond donors (Lipinski definition) is 1. The maximum atomic E-state index is 13.1. The summed E-state index contributed by atoms with van der Waals surface area (Å²) in [7, 11) is -3.81. The first-order chi connectivity index (χ1) is 13.0. The molecule has 5 nitrogen and oxygen atoms in total. The first kappa shape index (κ1) is 22.5. The summed E-state index contributed by atoms with van der Waals surface area (Å²) < 4.78 is 39.1. The van der Waals surface area contributed by atoms with Crippen LogP contribution in [0.5, 0.6) is 0 Å². The van der Waals surface area contributed by atoms with Gasteiger partial charge in [-0.15, -0.1) is 0 Å². The summed E-state index contributed by atoms with van der Waals surface area (Å²) in [5.41, 5.74) is 0.901. The van der Waals surface area contributed by atoms with E-state index >= 15 is 0 Å². The molecule has 28 heavy (non-hydrogen) atoms. The minimum Gasteiger partial charge on any atom is -0.348 e. The Morgan fingerprint density at radius 3 is 2.14 bits per heavy atom. The minimum absolute atomic E-state index is 0.205. The van der Waals surface area contributed by atoms with E-state index in [0.717, 1.165) is 10.6 Å². The average Bonchev–Trinajstić information content (AvgIpc) is 2.57. The SMILES string of the molecule is CC[C@@H](C(=O)N[C@@H](C)c1ccc(F)cc1)N(c1cc(Cl)cc(Cl)c1)S(C)(=O)=O. The normalized spacial score (nSPS) is 13.6. The zero-order valence-corrected chi connectivity index (χ0v) is 17.9. The quantitative estimate of drug-likeness (QED) is 0.677. The maximum Gasteiger partial charge on any atom is 0.244 e. The van der Waals surface area contributed by atoms with E-state index in [1.54, 1.807) is 26.0 Å². The molecule has 0 saturated carbocycles. The van der Waals surface area contributed by atoms with E-state index in [1.165, 1.54) is 30.3 Å². The zero-order chi connectivity index (χ0) is 21.1. The number of amides is 1. The topological polar surface area (TPSA) is 66.5 Å². The highest BCUT2D eigenvalue weighted by molar-refractivity contribution is 7.92. The number of carbonyl (C=O) groups is 1. The fourth-order valence-electron chi connectivity index (χ4n) is 2.87. The molecule has 0 aliphatic rings. The molecule has 0 radical (unpaired) electrons. The van der Waals surface area contributed by atoms with Gasteiger partial charge in [0.1, 0.15) is 11.9 Å². The summed E-state index contributed by atoms with van der Waals surface area (Å²) in [6.07, 6.45) is 1.24. The zero-order valence-electron chi connectivity index (χ0n) is 15.6. The van der Waals surface area contributed by atoms with E-state index in [1.807, 2.05) is 0 Å². The Morgan fingerprint density at radius 2 is 1.68 bits per heavy atom. The summed E-state index contributed by atoms with van der Waals surface area (Å²) in [5, 5.41) is 3.30. The second kappa shape index (κ2) is 9.11. The average molecular weight is 447 g/mol. The monoisotopic (exact) mass is 446 g/mol. The van der Waals surface area contributed by atoms with Crippen molar-refractivity contribution in [3.63, 3.8) is 0 Å². The van der Waals surface area contributed by atoms with Crippen LogP contribution in [0.3, 0.4) is 0 Å². The lowest BCUT2D eigenvalue weighted by atomic mass is 10.1. The number of anilines is 1. The van der Waals surface area contributed by atoms with E-state index in [-0.39, 0.29) is 28.0 Å². The smallest absolute Gasteiger partial charge is 0.244 e. The van der Waals surface area contributed by atoms with Gasteiger partial charge >= 0.3 is 0 Å².